The maximum absolute atomic E-state index is 2.12. The van der Waals surface area contributed by atoms with Gasteiger partial charge in [0.15, 0.2) is 0 Å². The molecule has 0 radical (unpaired) electrons. The molecule has 0 N–H and O–H groups in total. The van der Waals surface area contributed by atoms with Gasteiger partial charge in [0, 0.05) is 46.0 Å². The van der Waals surface area contributed by atoms with Crippen molar-refractivity contribution in [3.8, 4) is 0 Å². The Kier molecular flexibility index (Phi) is 39.2. The Bertz CT molecular complexity index is 70.3. The molecule has 0 bridgehead atoms. The fourth-order valence-electron chi connectivity index (χ4n) is 0.880. The largest absolute Gasteiger partial charge is 3.00 e. The smallest absolute Gasteiger partial charge is 1.00 e. The van der Waals surface area contributed by atoms with Gasteiger partial charge in [-0.25, -0.2) is 0 Å². The molecular formula is C8H16Cl3RhS4. The van der Waals surface area contributed by atoms with Crippen molar-refractivity contribution in [2.45, 2.75) is 0 Å². The summed E-state index contributed by atoms with van der Waals surface area (Å²) in [5, 5.41) is 0. The summed E-state index contributed by atoms with van der Waals surface area (Å²) in [5.74, 6) is 10.9. The van der Waals surface area contributed by atoms with Crippen LogP contribution in [0.15, 0.2) is 0 Å². The molecule has 0 atom stereocenters. The van der Waals surface area contributed by atoms with Crippen LogP contribution in [0, 0.1) is 0 Å². The molecule has 102 valence electrons. The van der Waals surface area contributed by atoms with Crippen molar-refractivity contribution in [3.05, 3.63) is 0 Å². The molecule has 1 aliphatic heterocycles. The first-order valence-electron chi connectivity index (χ1n) is 4.31. The van der Waals surface area contributed by atoms with Crippen LogP contribution in [0.3, 0.4) is 0 Å². The summed E-state index contributed by atoms with van der Waals surface area (Å²) < 4.78 is 0. The van der Waals surface area contributed by atoms with Crippen molar-refractivity contribution >= 4 is 47.0 Å². The average molecular weight is 450 g/mol. The van der Waals surface area contributed by atoms with Crippen molar-refractivity contribution in [2.75, 3.05) is 46.0 Å². The molecule has 0 nitrogen and oxygen atoms in total. The zero-order chi connectivity index (χ0) is 8.49. The third-order valence-corrected chi connectivity index (χ3v) is 6.46. The number of rotatable bonds is 0. The number of thioether (sulfide) groups is 4. The summed E-state index contributed by atoms with van der Waals surface area (Å²) in [7, 11) is 0. The second kappa shape index (κ2) is 23.0. The maximum atomic E-state index is 2.12. The number of hydrogen-bond acceptors (Lipinski definition) is 4. The minimum absolute atomic E-state index is 0. The van der Waals surface area contributed by atoms with Gasteiger partial charge < -0.3 is 37.2 Å². The summed E-state index contributed by atoms with van der Waals surface area (Å²) in [5.41, 5.74) is 0. The van der Waals surface area contributed by atoms with E-state index in [-0.39, 0.29) is 56.7 Å². The monoisotopic (exact) mass is 448 g/mol. The van der Waals surface area contributed by atoms with Crippen LogP contribution in [0.25, 0.3) is 0 Å². The van der Waals surface area contributed by atoms with E-state index >= 15 is 0 Å². The normalized spacial score (nSPS) is 18.0. The van der Waals surface area contributed by atoms with E-state index in [1.54, 1.807) is 0 Å². The summed E-state index contributed by atoms with van der Waals surface area (Å²) in [6.07, 6.45) is 0. The summed E-state index contributed by atoms with van der Waals surface area (Å²) in [4.78, 5) is 0. The molecule has 0 aromatic heterocycles. The van der Waals surface area contributed by atoms with Gasteiger partial charge in [0.25, 0.3) is 0 Å². The van der Waals surface area contributed by atoms with E-state index in [9.17, 15) is 0 Å². The Morgan fingerprint density at radius 1 is 0.375 bits per heavy atom. The molecule has 0 aliphatic carbocycles. The van der Waals surface area contributed by atoms with Gasteiger partial charge in [-0.2, -0.15) is 47.0 Å². The second-order valence-electron chi connectivity index (χ2n) is 2.45. The number of halogens is 3. The quantitative estimate of drug-likeness (QED) is 0.338. The summed E-state index contributed by atoms with van der Waals surface area (Å²) in [6, 6.07) is 0. The van der Waals surface area contributed by atoms with Crippen LogP contribution < -0.4 is 37.2 Å². The van der Waals surface area contributed by atoms with Crippen molar-refractivity contribution in [2.24, 2.45) is 0 Å². The first-order chi connectivity index (χ1) is 6.00. The Morgan fingerprint density at radius 2 is 0.500 bits per heavy atom. The minimum atomic E-state index is 0. The molecule has 1 fully saturated rings. The molecule has 0 amide bonds. The molecular weight excluding hydrogens is 434 g/mol. The fourth-order valence-corrected chi connectivity index (χ4v) is 5.47. The molecule has 1 aliphatic rings. The third-order valence-electron chi connectivity index (χ3n) is 1.49. The van der Waals surface area contributed by atoms with Crippen molar-refractivity contribution in [1.29, 1.82) is 0 Å². The molecule has 16 heavy (non-hydrogen) atoms. The first-order valence-corrected chi connectivity index (χ1v) is 8.93. The fraction of sp³-hybridized carbons (Fsp3) is 1.00. The van der Waals surface area contributed by atoms with Crippen molar-refractivity contribution in [3.63, 3.8) is 0 Å². The van der Waals surface area contributed by atoms with Gasteiger partial charge in [0.1, 0.15) is 0 Å². The Balaban J connectivity index is -0.000000180. The van der Waals surface area contributed by atoms with Gasteiger partial charge in [-0.1, -0.05) is 0 Å². The van der Waals surface area contributed by atoms with E-state index in [0.717, 1.165) is 0 Å². The second-order valence-corrected chi connectivity index (χ2v) is 7.35. The van der Waals surface area contributed by atoms with Crippen molar-refractivity contribution < 1.29 is 56.7 Å². The van der Waals surface area contributed by atoms with Gasteiger partial charge in [-0.3, -0.25) is 0 Å². The van der Waals surface area contributed by atoms with Gasteiger partial charge in [-0.15, -0.1) is 0 Å². The molecule has 0 aromatic carbocycles. The molecule has 8 heteroatoms. The zero-order valence-corrected chi connectivity index (χ0v) is 15.9. The van der Waals surface area contributed by atoms with Crippen LogP contribution in [0.4, 0.5) is 0 Å². The van der Waals surface area contributed by atoms with Crippen LogP contribution >= 0.6 is 47.0 Å². The Morgan fingerprint density at radius 3 is 0.625 bits per heavy atom. The number of hydrogen-bond donors (Lipinski definition) is 0. The maximum Gasteiger partial charge on any atom is 3.00 e. The molecule has 1 saturated heterocycles. The summed E-state index contributed by atoms with van der Waals surface area (Å²) in [6.45, 7) is 0. The topological polar surface area (TPSA) is 0 Å². The van der Waals surface area contributed by atoms with E-state index in [0.29, 0.717) is 0 Å². The molecule has 0 unspecified atom stereocenters. The van der Waals surface area contributed by atoms with E-state index in [1.165, 1.54) is 46.0 Å². The van der Waals surface area contributed by atoms with Crippen LogP contribution in [0.5, 0.6) is 0 Å². The van der Waals surface area contributed by atoms with Gasteiger partial charge in [0.2, 0.25) is 0 Å². The minimum Gasteiger partial charge on any atom is -1.00 e. The Labute approximate surface area is 148 Å². The molecule has 0 spiro atoms. The standard InChI is InChI=1S/C8H16S4.3ClH.Rh/c1-2-10-5-6-12-8-7-11-4-3-9-1;;;;/h1-8H2;3*1H;/q;;;;+3/p-3. The average Bonchev–Trinajstić information content (AvgIpc) is 2.05. The Hall–Kier alpha value is 2.89. The van der Waals surface area contributed by atoms with E-state index in [4.69, 9.17) is 0 Å². The van der Waals surface area contributed by atoms with Crippen molar-refractivity contribution in [1.82, 2.24) is 0 Å². The third kappa shape index (κ3) is 19.2. The first kappa shape index (κ1) is 27.3. The van der Waals surface area contributed by atoms with Crippen LogP contribution in [0.1, 0.15) is 0 Å². The molecule has 0 aromatic rings. The van der Waals surface area contributed by atoms with E-state index < -0.39 is 0 Å². The summed E-state index contributed by atoms with van der Waals surface area (Å²) >= 11 is 8.48. The predicted octanol–water partition coefficient (Wildman–Crippen LogP) is -6.06. The SMILES string of the molecule is C1CSCCSCCSCCS1.[Cl-].[Cl-].[Cl-].[Rh+3]. The van der Waals surface area contributed by atoms with Crippen LogP contribution in [0.2, 0.25) is 0 Å². The molecule has 0 saturated carbocycles. The predicted molar refractivity (Wildman–Crippen MR) is 69.3 cm³/mol. The van der Waals surface area contributed by atoms with Crippen LogP contribution in [-0.2, 0) is 19.5 Å². The molecule has 1 rings (SSSR count). The van der Waals surface area contributed by atoms with Gasteiger partial charge >= 0.3 is 19.5 Å². The zero-order valence-electron chi connectivity index (χ0n) is 8.76. The van der Waals surface area contributed by atoms with E-state index in [1.807, 2.05) is 0 Å². The van der Waals surface area contributed by atoms with Crippen LogP contribution in [-0.4, -0.2) is 46.0 Å². The van der Waals surface area contributed by atoms with Gasteiger partial charge in [0.05, 0.1) is 0 Å². The molecule has 1 heterocycles. The van der Waals surface area contributed by atoms with Gasteiger partial charge in [-0.05, 0) is 0 Å². The van der Waals surface area contributed by atoms with E-state index in [2.05, 4.69) is 47.0 Å².